The summed E-state index contributed by atoms with van der Waals surface area (Å²) < 4.78 is 0. The summed E-state index contributed by atoms with van der Waals surface area (Å²) >= 11 is 0. The van der Waals surface area contributed by atoms with Crippen molar-refractivity contribution < 1.29 is 4.79 Å². The van der Waals surface area contributed by atoms with Crippen LogP contribution < -0.4 is 11.1 Å². The zero-order valence-electron chi connectivity index (χ0n) is 8.72. The van der Waals surface area contributed by atoms with Crippen LogP contribution in [0.15, 0.2) is 6.20 Å². The van der Waals surface area contributed by atoms with Gasteiger partial charge in [-0.05, 0) is 5.41 Å². The summed E-state index contributed by atoms with van der Waals surface area (Å²) in [6.07, 6.45) is 1.42. The number of aromatic nitrogens is 2. The van der Waals surface area contributed by atoms with Gasteiger partial charge in [-0.15, -0.1) is 0 Å². The maximum atomic E-state index is 11.5. The number of anilines is 1. The number of nitrogens with one attached hydrogen (secondary N) is 2. The fourth-order valence-electron chi connectivity index (χ4n) is 0.918. The molecule has 0 aromatic carbocycles. The summed E-state index contributed by atoms with van der Waals surface area (Å²) in [7, 11) is 0. The quantitative estimate of drug-likeness (QED) is 0.653. The molecule has 0 bridgehead atoms. The normalized spacial score (nSPS) is 11.4. The molecule has 0 spiro atoms. The predicted molar refractivity (Wildman–Crippen MR) is 54.8 cm³/mol. The number of nitrogens with two attached hydrogens (primary N) is 1. The van der Waals surface area contributed by atoms with Crippen molar-refractivity contribution in [3.8, 4) is 0 Å². The summed E-state index contributed by atoms with van der Waals surface area (Å²) in [5.41, 5.74) is 5.96. The highest BCUT2D eigenvalue weighted by Crippen LogP contribution is 2.11. The monoisotopic (exact) mass is 196 g/mol. The SMILES string of the molecule is CC(C)(C)CNC(=O)c1cn[nH]c1N. The van der Waals surface area contributed by atoms with E-state index in [2.05, 4.69) is 15.5 Å². The molecular weight excluding hydrogens is 180 g/mol. The van der Waals surface area contributed by atoms with Gasteiger partial charge in [-0.1, -0.05) is 20.8 Å². The average Bonchev–Trinajstić information content (AvgIpc) is 2.46. The highest BCUT2D eigenvalue weighted by atomic mass is 16.1. The van der Waals surface area contributed by atoms with Gasteiger partial charge in [-0.3, -0.25) is 9.89 Å². The molecule has 1 amide bonds. The Morgan fingerprint density at radius 2 is 2.29 bits per heavy atom. The summed E-state index contributed by atoms with van der Waals surface area (Å²) in [6, 6.07) is 0. The third-order valence-corrected chi connectivity index (χ3v) is 1.69. The zero-order chi connectivity index (χ0) is 10.8. The number of hydrogen-bond acceptors (Lipinski definition) is 3. The molecule has 5 heteroatoms. The van der Waals surface area contributed by atoms with Crippen LogP contribution in [0, 0.1) is 5.41 Å². The van der Waals surface area contributed by atoms with E-state index in [9.17, 15) is 4.79 Å². The van der Waals surface area contributed by atoms with Crippen molar-refractivity contribution in [2.24, 2.45) is 5.41 Å². The topological polar surface area (TPSA) is 83.8 Å². The van der Waals surface area contributed by atoms with E-state index >= 15 is 0 Å². The fraction of sp³-hybridized carbons (Fsp3) is 0.556. The van der Waals surface area contributed by atoms with E-state index in [4.69, 9.17) is 5.73 Å². The lowest BCUT2D eigenvalue weighted by atomic mass is 9.97. The molecule has 0 fully saturated rings. The Bertz CT molecular complexity index is 324. The molecule has 14 heavy (non-hydrogen) atoms. The molecular formula is C9H16N4O. The van der Waals surface area contributed by atoms with Gasteiger partial charge in [0.15, 0.2) is 0 Å². The second kappa shape index (κ2) is 3.69. The van der Waals surface area contributed by atoms with Crippen molar-refractivity contribution in [1.29, 1.82) is 0 Å². The molecule has 0 saturated carbocycles. The van der Waals surface area contributed by atoms with E-state index in [0.29, 0.717) is 17.9 Å². The summed E-state index contributed by atoms with van der Waals surface area (Å²) in [5, 5.41) is 8.98. The van der Waals surface area contributed by atoms with Crippen molar-refractivity contribution in [2.45, 2.75) is 20.8 Å². The molecule has 0 atom stereocenters. The first-order valence-corrected chi connectivity index (χ1v) is 4.47. The third-order valence-electron chi connectivity index (χ3n) is 1.69. The summed E-state index contributed by atoms with van der Waals surface area (Å²) in [5.74, 6) is 0.114. The van der Waals surface area contributed by atoms with Crippen LogP contribution in [0.3, 0.4) is 0 Å². The molecule has 1 heterocycles. The number of carbonyl (C=O) groups is 1. The van der Waals surface area contributed by atoms with Gasteiger partial charge in [-0.2, -0.15) is 5.10 Å². The lowest BCUT2D eigenvalue weighted by Crippen LogP contribution is -2.32. The second-order valence-corrected chi connectivity index (χ2v) is 4.44. The van der Waals surface area contributed by atoms with E-state index < -0.39 is 0 Å². The molecule has 1 rings (SSSR count). The van der Waals surface area contributed by atoms with Gasteiger partial charge in [0.05, 0.1) is 6.20 Å². The lowest BCUT2D eigenvalue weighted by Gasteiger charge is -2.18. The van der Waals surface area contributed by atoms with Crippen molar-refractivity contribution in [3.63, 3.8) is 0 Å². The molecule has 1 aromatic heterocycles. The predicted octanol–water partition coefficient (Wildman–Crippen LogP) is 0.768. The van der Waals surface area contributed by atoms with Crippen LogP contribution in [0.1, 0.15) is 31.1 Å². The second-order valence-electron chi connectivity index (χ2n) is 4.44. The zero-order valence-corrected chi connectivity index (χ0v) is 8.72. The molecule has 1 aromatic rings. The molecule has 0 saturated heterocycles. The molecule has 5 nitrogen and oxygen atoms in total. The van der Waals surface area contributed by atoms with E-state index in [1.807, 2.05) is 20.8 Å². The number of hydrogen-bond donors (Lipinski definition) is 3. The first kappa shape index (κ1) is 10.6. The molecule has 0 aliphatic heterocycles. The number of rotatable bonds is 2. The number of amides is 1. The molecule has 0 radical (unpaired) electrons. The van der Waals surface area contributed by atoms with E-state index in [0.717, 1.165) is 0 Å². The molecule has 0 aliphatic carbocycles. The van der Waals surface area contributed by atoms with Crippen LogP contribution in [0.25, 0.3) is 0 Å². The van der Waals surface area contributed by atoms with Crippen LogP contribution in [-0.2, 0) is 0 Å². The Labute approximate surface area is 83.1 Å². The molecule has 78 valence electrons. The van der Waals surface area contributed by atoms with Gasteiger partial charge in [0, 0.05) is 6.54 Å². The van der Waals surface area contributed by atoms with Gasteiger partial charge in [0.25, 0.3) is 5.91 Å². The Morgan fingerprint density at radius 3 is 2.71 bits per heavy atom. The molecule has 0 aliphatic rings. The highest BCUT2D eigenvalue weighted by Gasteiger charge is 2.15. The van der Waals surface area contributed by atoms with E-state index in [-0.39, 0.29) is 11.3 Å². The minimum Gasteiger partial charge on any atom is -0.383 e. The first-order valence-electron chi connectivity index (χ1n) is 4.47. The van der Waals surface area contributed by atoms with Crippen molar-refractivity contribution >= 4 is 11.7 Å². The van der Waals surface area contributed by atoms with Crippen LogP contribution >= 0.6 is 0 Å². The summed E-state index contributed by atoms with van der Waals surface area (Å²) in [4.78, 5) is 11.5. The minimum absolute atomic E-state index is 0.0636. The third kappa shape index (κ3) is 2.76. The van der Waals surface area contributed by atoms with Gasteiger partial charge in [-0.25, -0.2) is 0 Å². The fourth-order valence-corrected chi connectivity index (χ4v) is 0.918. The van der Waals surface area contributed by atoms with Crippen LogP contribution in [0.2, 0.25) is 0 Å². The maximum absolute atomic E-state index is 11.5. The molecule has 4 N–H and O–H groups in total. The van der Waals surface area contributed by atoms with Gasteiger partial charge < -0.3 is 11.1 Å². The molecule has 0 unspecified atom stereocenters. The van der Waals surface area contributed by atoms with Crippen molar-refractivity contribution in [2.75, 3.05) is 12.3 Å². The number of nitrogen functional groups attached to an aromatic ring is 1. The van der Waals surface area contributed by atoms with E-state index in [1.165, 1.54) is 6.20 Å². The summed E-state index contributed by atoms with van der Waals surface area (Å²) in [6.45, 7) is 6.75. The Kier molecular flexibility index (Phi) is 2.78. The number of aromatic amines is 1. The van der Waals surface area contributed by atoms with Crippen molar-refractivity contribution in [3.05, 3.63) is 11.8 Å². The minimum atomic E-state index is -0.189. The van der Waals surface area contributed by atoms with E-state index in [1.54, 1.807) is 0 Å². The number of carbonyl (C=O) groups excluding carboxylic acids is 1. The maximum Gasteiger partial charge on any atom is 0.256 e. The van der Waals surface area contributed by atoms with Gasteiger partial charge in [0.2, 0.25) is 0 Å². The average molecular weight is 196 g/mol. The lowest BCUT2D eigenvalue weighted by molar-refractivity contribution is 0.0940. The number of H-pyrrole nitrogens is 1. The van der Waals surface area contributed by atoms with Crippen molar-refractivity contribution in [1.82, 2.24) is 15.5 Å². The Hall–Kier alpha value is -1.52. The van der Waals surface area contributed by atoms with Crippen LogP contribution in [0.4, 0.5) is 5.82 Å². The van der Waals surface area contributed by atoms with Crippen LogP contribution in [0.5, 0.6) is 0 Å². The van der Waals surface area contributed by atoms with Gasteiger partial charge in [0.1, 0.15) is 11.4 Å². The smallest absolute Gasteiger partial charge is 0.256 e. The van der Waals surface area contributed by atoms with Gasteiger partial charge >= 0.3 is 0 Å². The Balaban J connectivity index is 2.56. The highest BCUT2D eigenvalue weighted by molar-refractivity contribution is 5.98. The standard InChI is InChI=1S/C9H16N4O/c1-9(2,3)5-11-8(14)6-4-12-13-7(6)10/h4H,5H2,1-3H3,(H,11,14)(H3,10,12,13). The van der Waals surface area contributed by atoms with Crippen LogP contribution in [-0.4, -0.2) is 22.6 Å². The Morgan fingerprint density at radius 1 is 1.64 bits per heavy atom. The largest absolute Gasteiger partial charge is 0.383 e. The number of nitrogens with zero attached hydrogens (tertiary/aromatic N) is 1. The first-order chi connectivity index (χ1) is 6.40.